The van der Waals surface area contributed by atoms with E-state index in [0.29, 0.717) is 5.92 Å². The van der Waals surface area contributed by atoms with Crippen LogP contribution in [0.3, 0.4) is 0 Å². The first kappa shape index (κ1) is 14.0. The SMILES string of the molecule is CC(C)C1C(O)C(C#N)CCN1Cc1ccccc1. The molecular weight excluding hydrogens is 236 g/mol. The Hall–Kier alpha value is -1.37. The lowest BCUT2D eigenvalue weighted by molar-refractivity contribution is -0.0369. The predicted molar refractivity (Wildman–Crippen MR) is 75.2 cm³/mol. The molecule has 1 aliphatic heterocycles. The van der Waals surface area contributed by atoms with Gasteiger partial charge >= 0.3 is 0 Å². The molecule has 0 spiro atoms. The lowest BCUT2D eigenvalue weighted by atomic mass is 9.83. The van der Waals surface area contributed by atoms with Gasteiger partial charge in [-0.15, -0.1) is 0 Å². The van der Waals surface area contributed by atoms with E-state index in [-0.39, 0.29) is 12.0 Å². The third-order valence-corrected chi connectivity index (χ3v) is 3.99. The van der Waals surface area contributed by atoms with E-state index in [4.69, 9.17) is 5.26 Å². The van der Waals surface area contributed by atoms with Gasteiger partial charge in [-0.2, -0.15) is 5.26 Å². The average Bonchev–Trinajstić information content (AvgIpc) is 2.40. The first-order valence-electron chi connectivity index (χ1n) is 6.99. The molecular formula is C16H22N2O. The molecule has 0 radical (unpaired) electrons. The number of rotatable bonds is 3. The lowest BCUT2D eigenvalue weighted by Gasteiger charge is -2.43. The van der Waals surface area contributed by atoms with Gasteiger partial charge < -0.3 is 5.11 Å². The maximum atomic E-state index is 10.4. The molecule has 1 aromatic rings. The van der Waals surface area contributed by atoms with Crippen LogP contribution in [0.15, 0.2) is 30.3 Å². The Bertz CT molecular complexity index is 438. The van der Waals surface area contributed by atoms with Crippen molar-refractivity contribution in [1.82, 2.24) is 4.90 Å². The van der Waals surface area contributed by atoms with Gasteiger partial charge in [-0.1, -0.05) is 44.2 Å². The number of aliphatic hydroxyl groups is 1. The second kappa shape index (κ2) is 6.18. The number of piperidine rings is 1. The molecule has 0 aliphatic carbocycles. The smallest absolute Gasteiger partial charge is 0.0856 e. The van der Waals surface area contributed by atoms with E-state index in [1.807, 2.05) is 18.2 Å². The highest BCUT2D eigenvalue weighted by Gasteiger charge is 2.38. The van der Waals surface area contributed by atoms with Crippen molar-refractivity contribution in [3.63, 3.8) is 0 Å². The summed E-state index contributed by atoms with van der Waals surface area (Å²) >= 11 is 0. The van der Waals surface area contributed by atoms with Gasteiger partial charge in [0.2, 0.25) is 0 Å². The van der Waals surface area contributed by atoms with Crippen LogP contribution in [0.25, 0.3) is 0 Å². The molecule has 1 N–H and O–H groups in total. The molecule has 1 saturated heterocycles. The van der Waals surface area contributed by atoms with Crippen molar-refractivity contribution < 1.29 is 5.11 Å². The number of aliphatic hydroxyl groups excluding tert-OH is 1. The molecule has 1 heterocycles. The number of hydrogen-bond acceptors (Lipinski definition) is 3. The Morgan fingerprint density at radius 3 is 2.63 bits per heavy atom. The maximum absolute atomic E-state index is 10.4. The van der Waals surface area contributed by atoms with Crippen LogP contribution in [0, 0.1) is 23.2 Å². The summed E-state index contributed by atoms with van der Waals surface area (Å²) in [5.74, 6) is 0.120. The monoisotopic (exact) mass is 258 g/mol. The van der Waals surface area contributed by atoms with Crippen molar-refractivity contribution in [3.8, 4) is 6.07 Å². The third kappa shape index (κ3) is 3.15. The molecule has 3 atom stereocenters. The van der Waals surface area contributed by atoms with Gasteiger partial charge in [0, 0.05) is 19.1 Å². The molecule has 3 nitrogen and oxygen atoms in total. The van der Waals surface area contributed by atoms with Crippen LogP contribution in [-0.2, 0) is 6.54 Å². The second-order valence-corrected chi connectivity index (χ2v) is 5.71. The summed E-state index contributed by atoms with van der Waals surface area (Å²) in [6.45, 7) is 5.96. The topological polar surface area (TPSA) is 47.3 Å². The average molecular weight is 258 g/mol. The van der Waals surface area contributed by atoms with Crippen LogP contribution in [0.1, 0.15) is 25.8 Å². The second-order valence-electron chi connectivity index (χ2n) is 5.71. The highest BCUT2D eigenvalue weighted by Crippen LogP contribution is 2.29. The fourth-order valence-corrected chi connectivity index (χ4v) is 3.04. The quantitative estimate of drug-likeness (QED) is 0.905. The first-order valence-corrected chi connectivity index (χ1v) is 6.99. The van der Waals surface area contributed by atoms with Gasteiger partial charge in [0.25, 0.3) is 0 Å². The van der Waals surface area contributed by atoms with E-state index in [9.17, 15) is 5.11 Å². The van der Waals surface area contributed by atoms with Crippen LogP contribution in [0.5, 0.6) is 0 Å². The van der Waals surface area contributed by atoms with Crippen molar-refractivity contribution in [2.45, 2.75) is 39.0 Å². The molecule has 2 rings (SSSR count). The summed E-state index contributed by atoms with van der Waals surface area (Å²) in [6, 6.07) is 12.6. The minimum absolute atomic E-state index is 0.0682. The van der Waals surface area contributed by atoms with Crippen LogP contribution >= 0.6 is 0 Å². The summed E-state index contributed by atoms with van der Waals surface area (Å²) in [4.78, 5) is 2.32. The number of nitriles is 1. The summed E-state index contributed by atoms with van der Waals surface area (Å²) in [5, 5.41) is 19.5. The maximum Gasteiger partial charge on any atom is 0.0856 e. The molecule has 1 aromatic carbocycles. The first-order chi connectivity index (χ1) is 9.13. The zero-order valence-electron chi connectivity index (χ0n) is 11.7. The molecule has 1 fully saturated rings. The Labute approximate surface area is 115 Å². The van der Waals surface area contributed by atoms with Crippen molar-refractivity contribution in [1.29, 1.82) is 5.26 Å². The van der Waals surface area contributed by atoms with Crippen molar-refractivity contribution in [2.75, 3.05) is 6.54 Å². The third-order valence-electron chi connectivity index (χ3n) is 3.99. The number of benzene rings is 1. The molecule has 1 aliphatic rings. The minimum atomic E-state index is -0.539. The number of hydrogen-bond donors (Lipinski definition) is 1. The summed E-state index contributed by atoms with van der Waals surface area (Å²) < 4.78 is 0. The molecule has 19 heavy (non-hydrogen) atoms. The van der Waals surface area contributed by atoms with E-state index >= 15 is 0 Å². The highest BCUT2D eigenvalue weighted by molar-refractivity contribution is 5.15. The van der Waals surface area contributed by atoms with E-state index in [2.05, 4.69) is 36.9 Å². The largest absolute Gasteiger partial charge is 0.390 e. The number of nitrogens with zero attached hydrogens (tertiary/aromatic N) is 2. The van der Waals surface area contributed by atoms with Crippen LogP contribution < -0.4 is 0 Å². The number of likely N-dealkylation sites (tertiary alicyclic amines) is 1. The fourth-order valence-electron chi connectivity index (χ4n) is 3.04. The van der Waals surface area contributed by atoms with Crippen LogP contribution in [0.2, 0.25) is 0 Å². The molecule has 0 bridgehead atoms. The standard InChI is InChI=1S/C16H22N2O/c1-12(2)15-16(19)14(10-17)8-9-18(15)11-13-6-4-3-5-7-13/h3-7,12,14-16,19H,8-9,11H2,1-2H3. The Morgan fingerprint density at radius 1 is 1.37 bits per heavy atom. The molecule has 3 heteroatoms. The summed E-state index contributed by atoms with van der Waals surface area (Å²) in [6.07, 6.45) is 0.218. The zero-order chi connectivity index (χ0) is 13.8. The van der Waals surface area contributed by atoms with Gasteiger partial charge in [-0.25, -0.2) is 0 Å². The van der Waals surface area contributed by atoms with Gasteiger partial charge in [-0.3, -0.25) is 4.90 Å². The van der Waals surface area contributed by atoms with Gasteiger partial charge in [-0.05, 0) is 17.9 Å². The van der Waals surface area contributed by atoms with Crippen molar-refractivity contribution in [2.24, 2.45) is 11.8 Å². The fraction of sp³-hybridized carbons (Fsp3) is 0.562. The van der Waals surface area contributed by atoms with Crippen LogP contribution in [-0.4, -0.2) is 28.7 Å². The van der Waals surface area contributed by atoms with Gasteiger partial charge in [0.15, 0.2) is 0 Å². The Balaban J connectivity index is 2.13. The predicted octanol–water partition coefficient (Wildman–Crippen LogP) is 2.42. The van der Waals surface area contributed by atoms with Crippen molar-refractivity contribution in [3.05, 3.63) is 35.9 Å². The minimum Gasteiger partial charge on any atom is -0.390 e. The Kier molecular flexibility index (Phi) is 4.57. The molecule has 0 aromatic heterocycles. The van der Waals surface area contributed by atoms with Gasteiger partial charge in [0.1, 0.15) is 0 Å². The van der Waals surface area contributed by atoms with E-state index in [1.165, 1.54) is 5.56 Å². The summed E-state index contributed by atoms with van der Waals surface area (Å²) in [7, 11) is 0. The molecule has 102 valence electrons. The lowest BCUT2D eigenvalue weighted by Crippen LogP contribution is -2.54. The molecule has 0 saturated carbocycles. The Morgan fingerprint density at radius 2 is 2.05 bits per heavy atom. The van der Waals surface area contributed by atoms with Crippen LogP contribution in [0.4, 0.5) is 0 Å². The summed E-state index contributed by atoms with van der Waals surface area (Å²) in [5.41, 5.74) is 1.26. The molecule has 0 amide bonds. The highest BCUT2D eigenvalue weighted by atomic mass is 16.3. The zero-order valence-corrected chi connectivity index (χ0v) is 11.7. The normalized spacial score (nSPS) is 28.3. The van der Waals surface area contributed by atoms with E-state index in [0.717, 1.165) is 19.5 Å². The van der Waals surface area contributed by atoms with Gasteiger partial charge in [0.05, 0.1) is 18.1 Å². The van der Waals surface area contributed by atoms with E-state index in [1.54, 1.807) is 0 Å². The van der Waals surface area contributed by atoms with Crippen molar-refractivity contribution >= 4 is 0 Å². The van der Waals surface area contributed by atoms with E-state index < -0.39 is 6.10 Å². The molecule has 3 unspecified atom stereocenters.